The van der Waals surface area contributed by atoms with Crippen LogP contribution < -0.4 is 0 Å². The first-order valence-corrected chi connectivity index (χ1v) is 6.30. The summed E-state index contributed by atoms with van der Waals surface area (Å²) in [4.78, 5) is 14.1. The third-order valence-corrected chi connectivity index (χ3v) is 3.60. The van der Waals surface area contributed by atoms with Gasteiger partial charge in [0.25, 0.3) is 0 Å². The van der Waals surface area contributed by atoms with Crippen LogP contribution in [0.3, 0.4) is 0 Å². The smallest absolute Gasteiger partial charge is 0.242 e. The van der Waals surface area contributed by atoms with Gasteiger partial charge in [-0.05, 0) is 18.8 Å². The Kier molecular flexibility index (Phi) is 4.95. The van der Waals surface area contributed by atoms with Crippen LogP contribution in [-0.4, -0.2) is 37.6 Å². The lowest BCUT2D eigenvalue weighted by atomic mass is 9.80. The minimum atomic E-state index is -0.847. The molecule has 4 nitrogen and oxygen atoms in total. The zero-order valence-electron chi connectivity index (χ0n) is 11.0. The molecule has 1 rings (SSSR count). The van der Waals surface area contributed by atoms with Gasteiger partial charge in [0.15, 0.2) is 0 Å². The Morgan fingerprint density at radius 3 is 2.59 bits per heavy atom. The van der Waals surface area contributed by atoms with E-state index in [-0.39, 0.29) is 5.91 Å². The number of rotatable bonds is 4. The molecule has 1 aliphatic heterocycles. The Morgan fingerprint density at radius 2 is 2.12 bits per heavy atom. The van der Waals surface area contributed by atoms with Crippen LogP contribution in [0.1, 0.15) is 33.1 Å². The lowest BCUT2D eigenvalue weighted by molar-refractivity contribution is -0.142. The van der Waals surface area contributed by atoms with E-state index in [9.17, 15) is 10.1 Å². The van der Waals surface area contributed by atoms with Crippen molar-refractivity contribution in [1.29, 1.82) is 5.26 Å². The van der Waals surface area contributed by atoms with Crippen molar-refractivity contribution in [3.63, 3.8) is 0 Å². The van der Waals surface area contributed by atoms with Crippen LogP contribution in [0, 0.1) is 22.7 Å². The summed E-state index contributed by atoms with van der Waals surface area (Å²) in [5, 5.41) is 9.30. The fraction of sp³-hybridized carbons (Fsp3) is 0.846. The van der Waals surface area contributed by atoms with Crippen molar-refractivity contribution in [3.05, 3.63) is 0 Å². The van der Waals surface area contributed by atoms with Crippen LogP contribution in [0.25, 0.3) is 0 Å². The van der Waals surface area contributed by atoms with Crippen LogP contribution in [0.2, 0.25) is 0 Å². The summed E-state index contributed by atoms with van der Waals surface area (Å²) in [7, 11) is 1.79. The molecule has 0 spiro atoms. The molecular formula is C13H22N2O2. The maximum atomic E-state index is 12.4. The summed E-state index contributed by atoms with van der Waals surface area (Å²) in [6.07, 6.45) is 2.08. The second kappa shape index (κ2) is 6.02. The lowest BCUT2D eigenvalue weighted by Gasteiger charge is -2.33. The fourth-order valence-electron chi connectivity index (χ4n) is 2.14. The Morgan fingerprint density at radius 1 is 1.53 bits per heavy atom. The zero-order chi connectivity index (χ0) is 12.9. The van der Waals surface area contributed by atoms with Gasteiger partial charge in [0, 0.05) is 26.8 Å². The summed E-state index contributed by atoms with van der Waals surface area (Å²) in [6.45, 7) is 5.97. The van der Waals surface area contributed by atoms with Gasteiger partial charge >= 0.3 is 0 Å². The third-order valence-electron chi connectivity index (χ3n) is 3.60. The highest BCUT2D eigenvalue weighted by atomic mass is 16.5. The first-order chi connectivity index (χ1) is 8.05. The number of carbonyl (C=O) groups excluding carboxylic acids is 1. The molecule has 0 bridgehead atoms. The number of hydrogen-bond donors (Lipinski definition) is 0. The highest BCUT2D eigenvalue weighted by Crippen LogP contribution is 2.31. The second-order valence-electron chi connectivity index (χ2n) is 5.01. The van der Waals surface area contributed by atoms with Crippen LogP contribution in [0.15, 0.2) is 0 Å². The topological polar surface area (TPSA) is 53.3 Å². The van der Waals surface area contributed by atoms with Crippen molar-refractivity contribution in [2.24, 2.45) is 11.3 Å². The molecule has 0 aromatic rings. The molecular weight excluding hydrogens is 216 g/mol. The molecule has 17 heavy (non-hydrogen) atoms. The van der Waals surface area contributed by atoms with E-state index >= 15 is 0 Å². The quantitative estimate of drug-likeness (QED) is 0.750. The molecule has 0 aromatic heterocycles. The highest BCUT2D eigenvalue weighted by Gasteiger charge is 2.42. The van der Waals surface area contributed by atoms with E-state index in [2.05, 4.69) is 19.9 Å². The largest absolute Gasteiger partial charge is 0.381 e. The summed E-state index contributed by atoms with van der Waals surface area (Å²) in [5.74, 6) is 0.433. The van der Waals surface area contributed by atoms with E-state index in [0.29, 0.717) is 32.0 Å². The van der Waals surface area contributed by atoms with Crippen molar-refractivity contribution in [2.45, 2.75) is 33.1 Å². The maximum absolute atomic E-state index is 12.4. The number of amides is 1. The van der Waals surface area contributed by atoms with Crippen LogP contribution in [-0.2, 0) is 9.53 Å². The van der Waals surface area contributed by atoms with E-state index in [1.807, 2.05) is 0 Å². The van der Waals surface area contributed by atoms with Crippen molar-refractivity contribution in [2.75, 3.05) is 26.8 Å². The number of ether oxygens (including phenoxy) is 1. The molecule has 1 saturated heterocycles. The molecule has 0 N–H and O–H groups in total. The second-order valence-corrected chi connectivity index (χ2v) is 5.01. The minimum absolute atomic E-state index is 0.0383. The van der Waals surface area contributed by atoms with E-state index < -0.39 is 5.41 Å². The highest BCUT2D eigenvalue weighted by molar-refractivity contribution is 5.85. The van der Waals surface area contributed by atoms with Gasteiger partial charge in [-0.25, -0.2) is 0 Å². The Hall–Kier alpha value is -1.08. The molecule has 0 aliphatic carbocycles. The lowest BCUT2D eigenvalue weighted by Crippen LogP contribution is -2.45. The molecule has 1 heterocycles. The zero-order valence-corrected chi connectivity index (χ0v) is 11.0. The number of carbonyl (C=O) groups is 1. The van der Waals surface area contributed by atoms with E-state index in [1.54, 1.807) is 11.9 Å². The summed E-state index contributed by atoms with van der Waals surface area (Å²) < 4.78 is 5.24. The third kappa shape index (κ3) is 3.19. The molecule has 0 aromatic carbocycles. The standard InChI is InChI=1S/C13H22N2O2/c1-4-11(2)9-15(3)12(16)13(10-14)5-7-17-8-6-13/h11H,4-9H2,1-3H3. The SMILES string of the molecule is CCC(C)CN(C)C(=O)C1(C#N)CCOCC1. The number of nitrogens with zero attached hydrogens (tertiary/aromatic N) is 2. The molecule has 0 radical (unpaired) electrons. The summed E-state index contributed by atoms with van der Waals surface area (Å²) in [6, 6.07) is 2.22. The van der Waals surface area contributed by atoms with Crippen LogP contribution in [0.5, 0.6) is 0 Å². The van der Waals surface area contributed by atoms with Gasteiger partial charge in [-0.15, -0.1) is 0 Å². The maximum Gasteiger partial charge on any atom is 0.242 e. The van der Waals surface area contributed by atoms with Gasteiger partial charge in [-0.2, -0.15) is 5.26 Å². The Balaban J connectivity index is 2.69. The molecule has 1 aliphatic rings. The molecule has 1 fully saturated rings. The number of hydrogen-bond acceptors (Lipinski definition) is 3. The molecule has 96 valence electrons. The molecule has 1 atom stereocenters. The van der Waals surface area contributed by atoms with E-state index in [4.69, 9.17) is 4.74 Å². The monoisotopic (exact) mass is 238 g/mol. The van der Waals surface area contributed by atoms with E-state index in [0.717, 1.165) is 13.0 Å². The van der Waals surface area contributed by atoms with Gasteiger partial charge < -0.3 is 9.64 Å². The molecule has 4 heteroatoms. The van der Waals surface area contributed by atoms with Crippen molar-refractivity contribution in [1.82, 2.24) is 4.90 Å². The minimum Gasteiger partial charge on any atom is -0.381 e. The molecule has 1 unspecified atom stereocenters. The van der Waals surface area contributed by atoms with Crippen molar-refractivity contribution in [3.8, 4) is 6.07 Å². The normalized spacial score (nSPS) is 20.4. The summed E-state index contributed by atoms with van der Waals surface area (Å²) in [5.41, 5.74) is -0.847. The number of nitriles is 1. The van der Waals surface area contributed by atoms with Gasteiger partial charge in [0.2, 0.25) is 5.91 Å². The van der Waals surface area contributed by atoms with Crippen LogP contribution in [0.4, 0.5) is 0 Å². The average Bonchev–Trinajstić information content (AvgIpc) is 2.38. The Labute approximate surface area is 104 Å². The average molecular weight is 238 g/mol. The summed E-state index contributed by atoms with van der Waals surface area (Å²) >= 11 is 0. The van der Waals surface area contributed by atoms with Gasteiger partial charge in [-0.3, -0.25) is 4.79 Å². The fourth-order valence-corrected chi connectivity index (χ4v) is 2.14. The first kappa shape index (κ1) is 14.0. The van der Waals surface area contributed by atoms with Gasteiger partial charge in [-0.1, -0.05) is 20.3 Å². The van der Waals surface area contributed by atoms with Crippen molar-refractivity contribution >= 4 is 5.91 Å². The van der Waals surface area contributed by atoms with E-state index in [1.165, 1.54) is 0 Å². The van der Waals surface area contributed by atoms with Crippen molar-refractivity contribution < 1.29 is 9.53 Å². The van der Waals surface area contributed by atoms with Crippen LogP contribution >= 0.6 is 0 Å². The molecule has 1 amide bonds. The van der Waals surface area contributed by atoms with Gasteiger partial charge in [0.1, 0.15) is 5.41 Å². The molecule has 0 saturated carbocycles. The van der Waals surface area contributed by atoms with Gasteiger partial charge in [0.05, 0.1) is 6.07 Å². The predicted molar refractivity (Wildman–Crippen MR) is 65.2 cm³/mol. The Bertz CT molecular complexity index is 303. The predicted octanol–water partition coefficient (Wildman–Crippen LogP) is 1.81. The first-order valence-electron chi connectivity index (χ1n) is 6.30.